The second kappa shape index (κ2) is 12.6. The standard InChI is InChI=1S/C17H35N3O3/c1-4-18-16(19-10-6-11-23-14-13-21-3)20-15-17(7-8-17)9-12-22-5-2/h4-15H2,1-3H3,(H2,18,19,20). The van der Waals surface area contributed by atoms with Gasteiger partial charge in [0.05, 0.1) is 13.2 Å². The number of hydrogen-bond acceptors (Lipinski definition) is 4. The molecule has 0 aliphatic heterocycles. The van der Waals surface area contributed by atoms with E-state index in [1.54, 1.807) is 7.11 Å². The maximum absolute atomic E-state index is 5.48. The molecule has 1 rings (SSSR count). The zero-order valence-corrected chi connectivity index (χ0v) is 15.2. The maximum Gasteiger partial charge on any atom is 0.191 e. The van der Waals surface area contributed by atoms with Crippen LogP contribution in [-0.2, 0) is 14.2 Å². The fourth-order valence-corrected chi connectivity index (χ4v) is 2.31. The number of methoxy groups -OCH3 is 1. The van der Waals surface area contributed by atoms with Gasteiger partial charge in [-0.25, -0.2) is 0 Å². The summed E-state index contributed by atoms with van der Waals surface area (Å²) in [5.74, 6) is 0.909. The van der Waals surface area contributed by atoms with Crippen molar-refractivity contribution in [3.63, 3.8) is 0 Å². The molecule has 0 unspecified atom stereocenters. The topological polar surface area (TPSA) is 64.1 Å². The van der Waals surface area contributed by atoms with Crippen LogP contribution >= 0.6 is 0 Å². The number of guanidine groups is 1. The van der Waals surface area contributed by atoms with Gasteiger partial charge in [0.25, 0.3) is 0 Å². The van der Waals surface area contributed by atoms with E-state index in [9.17, 15) is 0 Å². The van der Waals surface area contributed by atoms with Gasteiger partial charge in [-0.05, 0) is 44.9 Å². The molecule has 6 heteroatoms. The first-order valence-corrected chi connectivity index (χ1v) is 8.93. The van der Waals surface area contributed by atoms with Crippen molar-refractivity contribution in [1.29, 1.82) is 0 Å². The third-order valence-electron chi connectivity index (χ3n) is 4.04. The smallest absolute Gasteiger partial charge is 0.191 e. The van der Waals surface area contributed by atoms with Crippen LogP contribution in [0.5, 0.6) is 0 Å². The number of nitrogens with one attached hydrogen (secondary N) is 2. The average molecular weight is 329 g/mol. The van der Waals surface area contributed by atoms with Gasteiger partial charge >= 0.3 is 0 Å². The molecular formula is C17H35N3O3. The molecule has 0 radical (unpaired) electrons. The third-order valence-corrected chi connectivity index (χ3v) is 4.04. The Labute approximate surface area is 141 Å². The van der Waals surface area contributed by atoms with E-state index in [1.807, 2.05) is 6.92 Å². The first-order chi connectivity index (χ1) is 11.3. The largest absolute Gasteiger partial charge is 0.382 e. The molecule has 0 amide bonds. The lowest BCUT2D eigenvalue weighted by Gasteiger charge is -2.15. The summed E-state index contributed by atoms with van der Waals surface area (Å²) in [7, 11) is 1.69. The van der Waals surface area contributed by atoms with E-state index in [-0.39, 0.29) is 0 Å². The zero-order chi connectivity index (χ0) is 16.8. The lowest BCUT2D eigenvalue weighted by molar-refractivity contribution is 0.0698. The van der Waals surface area contributed by atoms with E-state index in [0.29, 0.717) is 18.6 Å². The quantitative estimate of drug-likeness (QED) is 0.289. The minimum atomic E-state index is 0.390. The second-order valence-corrected chi connectivity index (χ2v) is 6.03. The molecule has 6 nitrogen and oxygen atoms in total. The molecule has 1 fully saturated rings. The second-order valence-electron chi connectivity index (χ2n) is 6.03. The highest BCUT2D eigenvalue weighted by Gasteiger charge is 2.41. The summed E-state index contributed by atoms with van der Waals surface area (Å²) < 4.78 is 15.9. The van der Waals surface area contributed by atoms with Crippen molar-refractivity contribution in [3.8, 4) is 0 Å². The lowest BCUT2D eigenvalue weighted by atomic mass is 10.0. The van der Waals surface area contributed by atoms with E-state index >= 15 is 0 Å². The minimum Gasteiger partial charge on any atom is -0.382 e. The highest BCUT2D eigenvalue weighted by molar-refractivity contribution is 5.79. The molecule has 1 aliphatic carbocycles. The molecular weight excluding hydrogens is 294 g/mol. The van der Waals surface area contributed by atoms with Gasteiger partial charge in [-0.2, -0.15) is 0 Å². The van der Waals surface area contributed by atoms with Crippen LogP contribution in [0.4, 0.5) is 0 Å². The van der Waals surface area contributed by atoms with Crippen molar-refractivity contribution in [2.75, 3.05) is 59.8 Å². The fourth-order valence-electron chi connectivity index (χ4n) is 2.31. The molecule has 1 saturated carbocycles. The van der Waals surface area contributed by atoms with Gasteiger partial charge in [-0.1, -0.05) is 0 Å². The first-order valence-electron chi connectivity index (χ1n) is 8.93. The van der Waals surface area contributed by atoms with Crippen molar-refractivity contribution in [3.05, 3.63) is 0 Å². The number of aliphatic imine (C=N–C) groups is 1. The Morgan fingerprint density at radius 1 is 1.04 bits per heavy atom. The van der Waals surface area contributed by atoms with Crippen molar-refractivity contribution in [2.45, 2.75) is 39.5 Å². The number of nitrogens with zero attached hydrogens (tertiary/aromatic N) is 1. The molecule has 0 aromatic carbocycles. The van der Waals surface area contributed by atoms with Crippen molar-refractivity contribution in [1.82, 2.24) is 10.6 Å². The molecule has 0 spiro atoms. The van der Waals surface area contributed by atoms with Gasteiger partial charge < -0.3 is 24.8 Å². The zero-order valence-electron chi connectivity index (χ0n) is 15.2. The van der Waals surface area contributed by atoms with E-state index in [2.05, 4.69) is 17.6 Å². The van der Waals surface area contributed by atoms with Crippen molar-refractivity contribution >= 4 is 5.96 Å². The summed E-state index contributed by atoms with van der Waals surface area (Å²) in [6.45, 7) is 10.5. The number of rotatable bonds is 14. The van der Waals surface area contributed by atoms with E-state index < -0.39 is 0 Å². The van der Waals surface area contributed by atoms with Gasteiger partial charge in [-0.15, -0.1) is 0 Å². The molecule has 23 heavy (non-hydrogen) atoms. The Hall–Kier alpha value is -0.850. The molecule has 0 aromatic rings. The van der Waals surface area contributed by atoms with Gasteiger partial charge in [0.1, 0.15) is 0 Å². The van der Waals surface area contributed by atoms with Crippen LogP contribution in [0.1, 0.15) is 39.5 Å². The average Bonchev–Trinajstić information content (AvgIpc) is 3.32. The Morgan fingerprint density at radius 3 is 2.52 bits per heavy atom. The summed E-state index contributed by atoms with van der Waals surface area (Å²) in [5.41, 5.74) is 0.390. The van der Waals surface area contributed by atoms with Crippen molar-refractivity contribution in [2.24, 2.45) is 10.4 Å². The molecule has 0 heterocycles. The highest BCUT2D eigenvalue weighted by atomic mass is 16.5. The summed E-state index contributed by atoms with van der Waals surface area (Å²) in [4.78, 5) is 4.75. The summed E-state index contributed by atoms with van der Waals surface area (Å²) in [5, 5.41) is 6.68. The Bertz CT molecular complexity index is 320. The van der Waals surface area contributed by atoms with Crippen LogP contribution in [0.2, 0.25) is 0 Å². The van der Waals surface area contributed by atoms with Crippen molar-refractivity contribution < 1.29 is 14.2 Å². The van der Waals surface area contributed by atoms with Crippen LogP contribution < -0.4 is 10.6 Å². The third kappa shape index (κ3) is 9.79. The fraction of sp³-hybridized carbons (Fsp3) is 0.941. The van der Waals surface area contributed by atoms with E-state index in [4.69, 9.17) is 19.2 Å². The Kier molecular flexibility index (Phi) is 11.0. The Balaban J connectivity index is 2.19. The van der Waals surface area contributed by atoms with Gasteiger partial charge in [0.15, 0.2) is 5.96 Å². The van der Waals surface area contributed by atoms with E-state index in [0.717, 1.165) is 58.3 Å². The monoisotopic (exact) mass is 329 g/mol. The van der Waals surface area contributed by atoms with Crippen LogP contribution in [-0.4, -0.2) is 65.7 Å². The molecule has 0 atom stereocenters. The molecule has 136 valence electrons. The summed E-state index contributed by atoms with van der Waals surface area (Å²) >= 11 is 0. The number of hydrogen-bond donors (Lipinski definition) is 2. The summed E-state index contributed by atoms with van der Waals surface area (Å²) in [6, 6.07) is 0. The SMILES string of the molecule is CCNC(=NCC1(CCOCC)CC1)NCCCOCCOC. The predicted molar refractivity (Wildman–Crippen MR) is 94.1 cm³/mol. The molecule has 0 saturated heterocycles. The van der Waals surface area contributed by atoms with Crippen LogP contribution in [0.15, 0.2) is 4.99 Å². The van der Waals surface area contributed by atoms with Crippen LogP contribution in [0.3, 0.4) is 0 Å². The van der Waals surface area contributed by atoms with Gasteiger partial charge in [0.2, 0.25) is 0 Å². The molecule has 1 aliphatic rings. The molecule has 0 bridgehead atoms. The predicted octanol–water partition coefficient (Wildman–Crippen LogP) is 1.80. The highest BCUT2D eigenvalue weighted by Crippen LogP contribution is 2.48. The van der Waals surface area contributed by atoms with Crippen LogP contribution in [0.25, 0.3) is 0 Å². The maximum atomic E-state index is 5.48. The first kappa shape index (κ1) is 20.2. The minimum absolute atomic E-state index is 0.390. The van der Waals surface area contributed by atoms with Gasteiger partial charge in [0, 0.05) is 46.6 Å². The molecule has 0 aromatic heterocycles. The van der Waals surface area contributed by atoms with E-state index in [1.165, 1.54) is 12.8 Å². The van der Waals surface area contributed by atoms with Gasteiger partial charge in [-0.3, -0.25) is 4.99 Å². The van der Waals surface area contributed by atoms with Crippen LogP contribution in [0, 0.1) is 5.41 Å². The summed E-state index contributed by atoms with van der Waals surface area (Å²) in [6.07, 6.45) is 4.63. The lowest BCUT2D eigenvalue weighted by Crippen LogP contribution is -2.38. The Morgan fingerprint density at radius 2 is 1.87 bits per heavy atom. The number of ether oxygens (including phenoxy) is 3. The molecule has 2 N–H and O–H groups in total. The normalized spacial score (nSPS) is 16.4.